The first-order chi connectivity index (χ1) is 7.72. The number of hydrogen-bond acceptors (Lipinski definition) is 3. The third kappa shape index (κ3) is 3.22. The standard InChI is InChI=1S/C13H22N2O/c1-4-5-6-12(15-14)11-8-7-10(2)13(9-11)16-3/h7-9,12,15H,4-6,14H2,1-3H3. The molecule has 0 aromatic heterocycles. The molecule has 1 rings (SSSR count). The van der Waals surface area contributed by atoms with Gasteiger partial charge in [0, 0.05) is 6.04 Å². The summed E-state index contributed by atoms with van der Waals surface area (Å²) >= 11 is 0. The van der Waals surface area contributed by atoms with Crippen molar-refractivity contribution in [2.24, 2.45) is 5.84 Å². The number of ether oxygens (including phenoxy) is 1. The van der Waals surface area contributed by atoms with Crippen molar-refractivity contribution in [2.75, 3.05) is 7.11 Å². The Balaban J connectivity index is 2.83. The summed E-state index contributed by atoms with van der Waals surface area (Å²) < 4.78 is 5.32. The van der Waals surface area contributed by atoms with Crippen LogP contribution in [0.3, 0.4) is 0 Å². The van der Waals surface area contributed by atoms with Gasteiger partial charge in [0.1, 0.15) is 5.75 Å². The van der Waals surface area contributed by atoms with Gasteiger partial charge in [-0.2, -0.15) is 0 Å². The molecular formula is C13H22N2O. The molecule has 3 heteroatoms. The number of hydrogen-bond donors (Lipinski definition) is 2. The fourth-order valence-corrected chi connectivity index (χ4v) is 1.81. The molecule has 16 heavy (non-hydrogen) atoms. The van der Waals surface area contributed by atoms with Crippen LogP contribution in [0, 0.1) is 6.92 Å². The van der Waals surface area contributed by atoms with Crippen LogP contribution in [0.25, 0.3) is 0 Å². The minimum absolute atomic E-state index is 0.217. The number of methoxy groups -OCH3 is 1. The average Bonchev–Trinajstić information content (AvgIpc) is 2.32. The van der Waals surface area contributed by atoms with Gasteiger partial charge in [-0.25, -0.2) is 0 Å². The molecular weight excluding hydrogens is 200 g/mol. The van der Waals surface area contributed by atoms with Gasteiger partial charge in [-0.1, -0.05) is 31.9 Å². The quantitative estimate of drug-likeness (QED) is 0.574. The zero-order valence-electron chi connectivity index (χ0n) is 10.4. The molecule has 0 aliphatic carbocycles. The minimum atomic E-state index is 0.217. The van der Waals surface area contributed by atoms with Crippen molar-refractivity contribution in [3.05, 3.63) is 29.3 Å². The van der Waals surface area contributed by atoms with Crippen molar-refractivity contribution in [3.8, 4) is 5.75 Å². The van der Waals surface area contributed by atoms with E-state index in [0.29, 0.717) is 0 Å². The second-order valence-electron chi connectivity index (χ2n) is 4.09. The van der Waals surface area contributed by atoms with Crippen LogP contribution >= 0.6 is 0 Å². The van der Waals surface area contributed by atoms with E-state index >= 15 is 0 Å². The highest BCUT2D eigenvalue weighted by Crippen LogP contribution is 2.25. The highest BCUT2D eigenvalue weighted by molar-refractivity contribution is 5.37. The molecule has 3 nitrogen and oxygen atoms in total. The van der Waals surface area contributed by atoms with Crippen molar-refractivity contribution in [1.29, 1.82) is 0 Å². The molecule has 0 aliphatic rings. The van der Waals surface area contributed by atoms with Gasteiger partial charge in [0.15, 0.2) is 0 Å². The van der Waals surface area contributed by atoms with Crippen molar-refractivity contribution in [2.45, 2.75) is 39.2 Å². The normalized spacial score (nSPS) is 12.5. The molecule has 0 fully saturated rings. The van der Waals surface area contributed by atoms with Crippen LogP contribution < -0.4 is 16.0 Å². The molecule has 0 bridgehead atoms. The van der Waals surface area contributed by atoms with Gasteiger partial charge >= 0.3 is 0 Å². The Morgan fingerprint density at radius 2 is 2.19 bits per heavy atom. The van der Waals surface area contributed by atoms with E-state index in [2.05, 4.69) is 30.5 Å². The molecule has 90 valence electrons. The Hall–Kier alpha value is -1.06. The lowest BCUT2D eigenvalue weighted by molar-refractivity contribution is 0.409. The molecule has 1 aromatic rings. The summed E-state index contributed by atoms with van der Waals surface area (Å²) in [5.74, 6) is 6.51. The van der Waals surface area contributed by atoms with Gasteiger partial charge in [-0.15, -0.1) is 0 Å². The summed E-state index contributed by atoms with van der Waals surface area (Å²) in [6.07, 6.45) is 3.41. The summed E-state index contributed by atoms with van der Waals surface area (Å²) in [6.45, 7) is 4.23. The molecule has 0 aliphatic heterocycles. The highest BCUT2D eigenvalue weighted by atomic mass is 16.5. The van der Waals surface area contributed by atoms with Gasteiger partial charge in [-0.3, -0.25) is 11.3 Å². The van der Waals surface area contributed by atoms with Crippen LogP contribution in [-0.2, 0) is 0 Å². The zero-order valence-corrected chi connectivity index (χ0v) is 10.4. The first kappa shape index (κ1) is 13.0. The number of nitrogens with one attached hydrogen (secondary N) is 1. The van der Waals surface area contributed by atoms with Gasteiger partial charge in [-0.05, 0) is 30.5 Å². The minimum Gasteiger partial charge on any atom is -0.496 e. The van der Waals surface area contributed by atoms with Gasteiger partial charge < -0.3 is 4.74 Å². The molecule has 1 unspecified atom stereocenters. The summed E-state index contributed by atoms with van der Waals surface area (Å²) in [7, 11) is 1.70. The molecule has 0 saturated heterocycles. The predicted octanol–water partition coefficient (Wildman–Crippen LogP) is 2.70. The van der Waals surface area contributed by atoms with Crippen LogP contribution in [0.2, 0.25) is 0 Å². The summed E-state index contributed by atoms with van der Waals surface area (Å²) in [4.78, 5) is 0. The maximum absolute atomic E-state index is 5.58. The van der Waals surface area contributed by atoms with Crippen LogP contribution in [-0.4, -0.2) is 7.11 Å². The lowest BCUT2D eigenvalue weighted by Crippen LogP contribution is -2.28. The average molecular weight is 222 g/mol. The number of rotatable bonds is 6. The van der Waals surface area contributed by atoms with Crippen molar-refractivity contribution < 1.29 is 4.74 Å². The van der Waals surface area contributed by atoms with Crippen molar-refractivity contribution in [3.63, 3.8) is 0 Å². The van der Waals surface area contributed by atoms with E-state index < -0.39 is 0 Å². The number of unbranched alkanes of at least 4 members (excludes halogenated alkanes) is 1. The Kier molecular flexibility index (Phi) is 5.29. The summed E-state index contributed by atoms with van der Waals surface area (Å²) in [5.41, 5.74) is 5.21. The predicted molar refractivity (Wildman–Crippen MR) is 67.3 cm³/mol. The largest absolute Gasteiger partial charge is 0.496 e. The van der Waals surface area contributed by atoms with E-state index in [1.165, 1.54) is 18.4 Å². The van der Waals surface area contributed by atoms with E-state index in [-0.39, 0.29) is 6.04 Å². The fourth-order valence-electron chi connectivity index (χ4n) is 1.81. The third-order valence-corrected chi connectivity index (χ3v) is 2.88. The Labute approximate surface area is 98.0 Å². The van der Waals surface area contributed by atoms with Crippen LogP contribution in [0.4, 0.5) is 0 Å². The van der Waals surface area contributed by atoms with Crippen LogP contribution in [0.1, 0.15) is 43.4 Å². The maximum atomic E-state index is 5.58. The molecule has 1 aromatic carbocycles. The SMILES string of the molecule is CCCCC(NN)c1ccc(C)c(OC)c1. The Bertz CT molecular complexity index is 326. The third-order valence-electron chi connectivity index (χ3n) is 2.88. The first-order valence-electron chi connectivity index (χ1n) is 5.83. The lowest BCUT2D eigenvalue weighted by Gasteiger charge is -2.17. The molecule has 1 atom stereocenters. The van der Waals surface area contributed by atoms with Gasteiger partial charge in [0.05, 0.1) is 7.11 Å². The molecule has 0 spiro atoms. The van der Waals surface area contributed by atoms with E-state index in [1.807, 2.05) is 6.92 Å². The van der Waals surface area contributed by atoms with Crippen LogP contribution in [0.15, 0.2) is 18.2 Å². The number of benzene rings is 1. The molecule has 0 amide bonds. The van der Waals surface area contributed by atoms with Crippen molar-refractivity contribution in [1.82, 2.24) is 5.43 Å². The second kappa shape index (κ2) is 6.51. The van der Waals surface area contributed by atoms with Gasteiger partial charge in [0.2, 0.25) is 0 Å². The monoisotopic (exact) mass is 222 g/mol. The first-order valence-corrected chi connectivity index (χ1v) is 5.83. The number of aryl methyl sites for hydroxylation is 1. The van der Waals surface area contributed by atoms with E-state index in [1.54, 1.807) is 7.11 Å². The lowest BCUT2D eigenvalue weighted by atomic mass is 10.00. The Morgan fingerprint density at radius 3 is 2.75 bits per heavy atom. The number of nitrogens with two attached hydrogens (primary N) is 1. The molecule has 3 N–H and O–H groups in total. The smallest absolute Gasteiger partial charge is 0.122 e. The second-order valence-corrected chi connectivity index (χ2v) is 4.09. The Morgan fingerprint density at radius 1 is 1.44 bits per heavy atom. The zero-order chi connectivity index (χ0) is 12.0. The van der Waals surface area contributed by atoms with Gasteiger partial charge in [0.25, 0.3) is 0 Å². The number of hydrazine groups is 1. The topological polar surface area (TPSA) is 47.3 Å². The maximum Gasteiger partial charge on any atom is 0.122 e. The van der Waals surface area contributed by atoms with Crippen molar-refractivity contribution >= 4 is 0 Å². The van der Waals surface area contributed by atoms with E-state index in [4.69, 9.17) is 10.6 Å². The summed E-state index contributed by atoms with van der Waals surface area (Å²) in [6, 6.07) is 6.47. The molecule has 0 saturated carbocycles. The molecule has 0 radical (unpaired) electrons. The summed E-state index contributed by atoms with van der Waals surface area (Å²) in [5, 5.41) is 0. The van der Waals surface area contributed by atoms with E-state index in [9.17, 15) is 0 Å². The van der Waals surface area contributed by atoms with Crippen LogP contribution in [0.5, 0.6) is 5.75 Å². The van der Waals surface area contributed by atoms with E-state index in [0.717, 1.165) is 17.7 Å². The highest BCUT2D eigenvalue weighted by Gasteiger charge is 2.10. The molecule has 0 heterocycles. The fraction of sp³-hybridized carbons (Fsp3) is 0.538.